The van der Waals surface area contributed by atoms with E-state index in [9.17, 15) is 19.8 Å². The van der Waals surface area contributed by atoms with Crippen molar-refractivity contribution in [3.05, 3.63) is 35.4 Å². The fraction of sp³-hybridized carbons (Fsp3) is 0.818. The number of unbranched alkanes of at least 4 members (excludes halogenated alkanes) is 20. The summed E-state index contributed by atoms with van der Waals surface area (Å²) >= 11 is 0. The number of aliphatic hydroxyl groups is 2. The maximum absolute atomic E-state index is 12.3. The normalized spacial score (nSPS) is 12.6. The predicted octanol–water partition coefficient (Wildman–Crippen LogP) is 11.4. The highest BCUT2D eigenvalue weighted by molar-refractivity contribution is 5.76. The van der Waals surface area contributed by atoms with Crippen molar-refractivity contribution < 1.29 is 19.8 Å². The van der Waals surface area contributed by atoms with E-state index in [1.165, 1.54) is 89.9 Å². The van der Waals surface area contributed by atoms with Gasteiger partial charge in [0.2, 0.25) is 11.8 Å². The van der Waals surface area contributed by atoms with Crippen molar-refractivity contribution >= 4 is 11.8 Å². The van der Waals surface area contributed by atoms with E-state index in [0.717, 1.165) is 101 Å². The molecule has 0 saturated heterocycles. The van der Waals surface area contributed by atoms with Crippen LogP contribution in [0.5, 0.6) is 0 Å². The lowest BCUT2D eigenvalue weighted by atomic mass is 10.0. The van der Waals surface area contributed by atoms with Gasteiger partial charge in [0.25, 0.3) is 0 Å². The van der Waals surface area contributed by atoms with Crippen LogP contribution in [0.3, 0.4) is 0 Å². The van der Waals surface area contributed by atoms with Gasteiger partial charge >= 0.3 is 0 Å². The molecule has 290 valence electrons. The third-order valence-electron chi connectivity index (χ3n) is 10.2. The Labute approximate surface area is 308 Å². The van der Waals surface area contributed by atoms with Crippen molar-refractivity contribution in [2.75, 3.05) is 0 Å². The number of aliphatic hydroxyl groups excluding tert-OH is 2. The van der Waals surface area contributed by atoms with Gasteiger partial charge in [-0.15, -0.1) is 0 Å². The molecule has 0 radical (unpaired) electrons. The zero-order valence-electron chi connectivity index (χ0n) is 32.8. The van der Waals surface area contributed by atoms with E-state index < -0.39 is 0 Å². The molecule has 0 saturated carbocycles. The average Bonchev–Trinajstić information content (AvgIpc) is 3.12. The number of hydrogen-bond acceptors (Lipinski definition) is 4. The SMILES string of the molecule is CCCCCCCCC(O)CCCCCCCCC(=O)NCc1ccc(CNC(=O)CCCCCCCCC(O)CCCCCCCC)cc1. The van der Waals surface area contributed by atoms with E-state index in [2.05, 4.69) is 24.5 Å². The molecule has 0 fully saturated rings. The molecule has 2 amide bonds. The molecule has 0 bridgehead atoms. The number of nitrogens with one attached hydrogen (secondary N) is 2. The molecule has 6 nitrogen and oxygen atoms in total. The Hall–Kier alpha value is -1.92. The molecule has 50 heavy (non-hydrogen) atoms. The second kappa shape index (κ2) is 34.2. The Balaban J connectivity index is 1.95. The van der Waals surface area contributed by atoms with Crippen LogP contribution in [-0.2, 0) is 22.7 Å². The van der Waals surface area contributed by atoms with Crippen LogP contribution in [0.1, 0.15) is 218 Å². The number of carbonyl (C=O) groups is 2. The van der Waals surface area contributed by atoms with Gasteiger partial charge in [0, 0.05) is 25.9 Å². The van der Waals surface area contributed by atoms with Gasteiger partial charge in [-0.2, -0.15) is 0 Å². The van der Waals surface area contributed by atoms with E-state index in [1.54, 1.807) is 0 Å². The number of benzene rings is 1. The van der Waals surface area contributed by atoms with Gasteiger partial charge in [-0.3, -0.25) is 9.59 Å². The fourth-order valence-electron chi connectivity index (χ4n) is 6.71. The molecule has 2 atom stereocenters. The first-order valence-corrected chi connectivity index (χ1v) is 21.4. The largest absolute Gasteiger partial charge is 0.393 e. The number of amides is 2. The van der Waals surface area contributed by atoms with Gasteiger partial charge in [-0.25, -0.2) is 0 Å². The molecule has 0 aliphatic heterocycles. The average molecular weight is 701 g/mol. The zero-order valence-corrected chi connectivity index (χ0v) is 32.8. The molecule has 2 unspecified atom stereocenters. The molecule has 1 aromatic rings. The van der Waals surface area contributed by atoms with Gasteiger partial charge < -0.3 is 20.8 Å². The quantitative estimate of drug-likeness (QED) is 0.0524. The summed E-state index contributed by atoms with van der Waals surface area (Å²) in [5, 5.41) is 26.4. The molecule has 0 aromatic heterocycles. The first-order valence-electron chi connectivity index (χ1n) is 21.4. The fourth-order valence-corrected chi connectivity index (χ4v) is 6.71. The Morgan fingerprint density at radius 3 is 1.00 bits per heavy atom. The minimum atomic E-state index is -0.125. The number of rotatable bonds is 36. The second-order valence-electron chi connectivity index (χ2n) is 15.1. The summed E-state index contributed by atoms with van der Waals surface area (Å²) in [6, 6.07) is 8.11. The lowest BCUT2D eigenvalue weighted by Crippen LogP contribution is -2.23. The Bertz CT molecular complexity index is 833. The maximum Gasteiger partial charge on any atom is 0.220 e. The lowest BCUT2D eigenvalue weighted by molar-refractivity contribution is -0.122. The Kier molecular flexibility index (Phi) is 31.5. The van der Waals surface area contributed by atoms with E-state index in [1.807, 2.05) is 24.3 Å². The van der Waals surface area contributed by atoms with Gasteiger partial charge in [-0.1, -0.05) is 179 Å². The monoisotopic (exact) mass is 701 g/mol. The summed E-state index contributed by atoms with van der Waals surface area (Å²) in [7, 11) is 0. The van der Waals surface area contributed by atoms with Crippen LogP contribution in [0, 0.1) is 0 Å². The van der Waals surface area contributed by atoms with E-state index >= 15 is 0 Å². The van der Waals surface area contributed by atoms with Crippen molar-refractivity contribution in [3.8, 4) is 0 Å². The maximum atomic E-state index is 12.3. The number of carbonyl (C=O) groups excluding carboxylic acids is 2. The van der Waals surface area contributed by atoms with Crippen LogP contribution in [0.15, 0.2) is 24.3 Å². The van der Waals surface area contributed by atoms with E-state index in [0.29, 0.717) is 25.9 Å². The van der Waals surface area contributed by atoms with Crippen molar-refractivity contribution in [2.24, 2.45) is 0 Å². The minimum absolute atomic E-state index is 0.108. The molecule has 0 aliphatic carbocycles. The van der Waals surface area contributed by atoms with Crippen molar-refractivity contribution in [3.63, 3.8) is 0 Å². The molecule has 0 heterocycles. The van der Waals surface area contributed by atoms with Gasteiger partial charge in [0.1, 0.15) is 0 Å². The van der Waals surface area contributed by atoms with Crippen LogP contribution < -0.4 is 10.6 Å². The van der Waals surface area contributed by atoms with Crippen LogP contribution in [0.25, 0.3) is 0 Å². The minimum Gasteiger partial charge on any atom is -0.393 e. The van der Waals surface area contributed by atoms with Crippen LogP contribution in [0.4, 0.5) is 0 Å². The highest BCUT2D eigenvalue weighted by atomic mass is 16.3. The summed E-state index contributed by atoms with van der Waals surface area (Å²) in [6.45, 7) is 5.55. The summed E-state index contributed by atoms with van der Waals surface area (Å²) in [6.07, 6.45) is 33.3. The zero-order chi connectivity index (χ0) is 36.3. The lowest BCUT2D eigenvalue weighted by Gasteiger charge is -2.10. The Morgan fingerprint density at radius 1 is 0.440 bits per heavy atom. The van der Waals surface area contributed by atoms with Crippen molar-refractivity contribution in [1.29, 1.82) is 0 Å². The van der Waals surface area contributed by atoms with E-state index in [-0.39, 0.29) is 24.0 Å². The van der Waals surface area contributed by atoms with Crippen LogP contribution >= 0.6 is 0 Å². The van der Waals surface area contributed by atoms with Gasteiger partial charge in [0.15, 0.2) is 0 Å². The summed E-state index contributed by atoms with van der Waals surface area (Å²) in [5.74, 6) is 0.216. The van der Waals surface area contributed by atoms with Crippen LogP contribution in [0.2, 0.25) is 0 Å². The van der Waals surface area contributed by atoms with Gasteiger partial charge in [-0.05, 0) is 49.7 Å². The standard InChI is InChI=1S/C44H80N2O4/c1-3-5-7-9-15-21-27-41(47)29-23-17-11-13-19-25-31-43(49)45-37-39-33-35-40(36-34-39)38-46-44(50)32-26-20-14-12-18-24-30-42(48)28-22-16-10-8-6-4-2/h33-36,41-42,47-48H,3-32,37-38H2,1-2H3,(H,45,49)(H,46,50). The topological polar surface area (TPSA) is 98.7 Å². The summed E-state index contributed by atoms with van der Waals surface area (Å²) in [4.78, 5) is 24.6. The highest BCUT2D eigenvalue weighted by Crippen LogP contribution is 2.16. The Morgan fingerprint density at radius 2 is 0.700 bits per heavy atom. The first kappa shape index (κ1) is 46.1. The van der Waals surface area contributed by atoms with Gasteiger partial charge in [0.05, 0.1) is 12.2 Å². The third kappa shape index (κ3) is 29.8. The molecule has 0 spiro atoms. The molecule has 1 aromatic carbocycles. The van der Waals surface area contributed by atoms with Crippen molar-refractivity contribution in [2.45, 2.75) is 232 Å². The van der Waals surface area contributed by atoms with Crippen molar-refractivity contribution in [1.82, 2.24) is 10.6 Å². The molecule has 1 rings (SSSR count). The third-order valence-corrected chi connectivity index (χ3v) is 10.2. The highest BCUT2D eigenvalue weighted by Gasteiger charge is 2.07. The van der Waals surface area contributed by atoms with E-state index in [4.69, 9.17) is 0 Å². The smallest absolute Gasteiger partial charge is 0.220 e. The van der Waals surface area contributed by atoms with Crippen LogP contribution in [-0.4, -0.2) is 34.2 Å². The molecular weight excluding hydrogens is 620 g/mol. The predicted molar refractivity (Wildman–Crippen MR) is 212 cm³/mol. The second-order valence-corrected chi connectivity index (χ2v) is 15.1. The number of hydrogen-bond donors (Lipinski definition) is 4. The molecule has 4 N–H and O–H groups in total. The summed E-state index contributed by atoms with van der Waals surface area (Å²) < 4.78 is 0. The molecule has 6 heteroatoms. The molecule has 0 aliphatic rings. The molecular formula is C44H80N2O4. The first-order chi connectivity index (χ1) is 24.4. The summed E-state index contributed by atoms with van der Waals surface area (Å²) in [5.41, 5.74) is 2.14.